The van der Waals surface area contributed by atoms with Gasteiger partial charge in [0.15, 0.2) is 0 Å². The molecule has 1 aromatic heterocycles. The van der Waals surface area contributed by atoms with E-state index in [1.165, 1.54) is 11.6 Å². The van der Waals surface area contributed by atoms with Crippen molar-refractivity contribution in [2.75, 3.05) is 0 Å². The van der Waals surface area contributed by atoms with Gasteiger partial charge in [-0.25, -0.2) is 4.79 Å². The Morgan fingerprint density at radius 1 is 1.13 bits per heavy atom. The number of fused-ring (bicyclic) bond motifs is 5. The van der Waals surface area contributed by atoms with Crippen molar-refractivity contribution in [2.24, 2.45) is 17.3 Å². The number of aromatic carboxylic acids is 1. The molecule has 0 saturated heterocycles. The lowest BCUT2D eigenvalue weighted by molar-refractivity contribution is -0.137. The Bertz CT molecular complexity index is 1030. The van der Waals surface area contributed by atoms with E-state index in [0.717, 1.165) is 55.8 Å². The minimum atomic E-state index is -4.37. The van der Waals surface area contributed by atoms with Crippen LogP contribution in [-0.4, -0.2) is 16.1 Å². The van der Waals surface area contributed by atoms with Crippen molar-refractivity contribution in [1.29, 1.82) is 0 Å². The number of rotatable bonds is 2. The van der Waals surface area contributed by atoms with E-state index in [1.807, 2.05) is 12.1 Å². The second kappa shape index (κ2) is 7.07. The summed E-state index contributed by atoms with van der Waals surface area (Å²) in [6.45, 7) is 2.27. The van der Waals surface area contributed by atoms with E-state index in [2.05, 4.69) is 11.9 Å². The van der Waals surface area contributed by atoms with E-state index < -0.39 is 17.7 Å². The highest BCUT2D eigenvalue weighted by Crippen LogP contribution is 2.65. The van der Waals surface area contributed by atoms with Gasteiger partial charge in [-0.3, -0.25) is 4.98 Å². The molecule has 3 aliphatic carbocycles. The Balaban J connectivity index is 1.44. The summed E-state index contributed by atoms with van der Waals surface area (Å²) in [7, 11) is 0. The number of aromatic nitrogens is 1. The number of carboxylic acids is 1. The number of hydrogen-bond donors (Lipinski definition) is 1. The van der Waals surface area contributed by atoms with E-state index in [0.29, 0.717) is 23.3 Å². The predicted molar refractivity (Wildman–Crippen MR) is 110 cm³/mol. The van der Waals surface area contributed by atoms with Crippen LogP contribution in [-0.2, 0) is 12.6 Å². The van der Waals surface area contributed by atoms with Gasteiger partial charge in [0, 0.05) is 12.4 Å². The fraction of sp³-hybridized carbons (Fsp3) is 0.520. The van der Waals surface area contributed by atoms with Crippen molar-refractivity contribution in [1.82, 2.24) is 4.98 Å². The van der Waals surface area contributed by atoms with Crippen LogP contribution in [0.3, 0.4) is 0 Å². The first-order valence-electron chi connectivity index (χ1n) is 11.1. The molecule has 0 amide bonds. The lowest BCUT2D eigenvalue weighted by Crippen LogP contribution is -2.41. The fourth-order valence-corrected chi connectivity index (χ4v) is 7.07. The zero-order valence-electron chi connectivity index (χ0n) is 17.5. The SMILES string of the molecule is C[C@]12CC[C@@H]3c4ccc(C(=O)O)cc4CC[C@H]3[C@@H]1CC[C@@H]2c1cncc(C(F)(F)F)c1. The maximum atomic E-state index is 13.2. The summed E-state index contributed by atoms with van der Waals surface area (Å²) in [5, 5.41) is 9.31. The van der Waals surface area contributed by atoms with Crippen molar-refractivity contribution in [3.63, 3.8) is 0 Å². The molecule has 2 saturated carbocycles. The van der Waals surface area contributed by atoms with Gasteiger partial charge in [0.05, 0.1) is 11.1 Å². The average Bonchev–Trinajstić information content (AvgIpc) is 3.09. The Labute approximate surface area is 179 Å². The molecule has 1 N–H and O–H groups in total. The third-order valence-electron chi connectivity index (χ3n) is 8.46. The molecule has 31 heavy (non-hydrogen) atoms. The van der Waals surface area contributed by atoms with Gasteiger partial charge in [-0.15, -0.1) is 0 Å². The molecule has 3 aliphatic rings. The molecule has 0 spiro atoms. The first kappa shape index (κ1) is 20.5. The molecular formula is C25H26F3NO2. The smallest absolute Gasteiger partial charge is 0.417 e. The third-order valence-corrected chi connectivity index (χ3v) is 8.46. The molecule has 2 aromatic rings. The second-order valence-corrected chi connectivity index (χ2v) is 9.81. The zero-order valence-corrected chi connectivity index (χ0v) is 17.5. The number of carboxylic acid groups (broad SMARTS) is 1. The molecular weight excluding hydrogens is 403 g/mol. The maximum absolute atomic E-state index is 13.2. The Hall–Kier alpha value is -2.37. The molecule has 5 rings (SSSR count). The summed E-state index contributed by atoms with van der Waals surface area (Å²) in [6, 6.07) is 6.85. The molecule has 1 aromatic carbocycles. The molecule has 164 valence electrons. The number of alkyl halides is 3. The molecule has 5 atom stereocenters. The van der Waals surface area contributed by atoms with Crippen LogP contribution in [0, 0.1) is 17.3 Å². The first-order chi connectivity index (χ1) is 14.7. The predicted octanol–water partition coefficient (Wildman–Crippen LogP) is 6.44. The molecule has 0 radical (unpaired) electrons. The van der Waals surface area contributed by atoms with Crippen LogP contribution in [0.4, 0.5) is 13.2 Å². The van der Waals surface area contributed by atoms with E-state index in [4.69, 9.17) is 0 Å². The fourth-order valence-electron chi connectivity index (χ4n) is 7.07. The van der Waals surface area contributed by atoms with Crippen molar-refractivity contribution in [2.45, 2.75) is 63.5 Å². The van der Waals surface area contributed by atoms with Gasteiger partial charge in [0.1, 0.15) is 0 Å². The highest BCUT2D eigenvalue weighted by molar-refractivity contribution is 5.88. The lowest BCUT2D eigenvalue weighted by atomic mass is 9.53. The van der Waals surface area contributed by atoms with Crippen molar-refractivity contribution in [3.05, 3.63) is 64.5 Å². The summed E-state index contributed by atoms with van der Waals surface area (Å²) in [6.07, 6.45) is 3.97. The summed E-state index contributed by atoms with van der Waals surface area (Å²) in [4.78, 5) is 15.3. The van der Waals surface area contributed by atoms with Crippen molar-refractivity contribution < 1.29 is 23.1 Å². The van der Waals surface area contributed by atoms with Gasteiger partial charge in [0.25, 0.3) is 0 Å². The average molecular weight is 429 g/mol. The first-order valence-corrected chi connectivity index (χ1v) is 11.1. The standard InChI is InChI=1S/C25H26F3NO2/c1-24-9-8-19-18-4-3-15(23(30)31)10-14(18)2-5-20(19)22(24)7-6-21(24)16-11-17(13-29-12-16)25(26,27)28/h3-4,10-13,19-22H,2,5-9H2,1H3,(H,30,31)/t19-,20-,21-,22+,24-/m1/s1. The molecule has 1 heterocycles. The largest absolute Gasteiger partial charge is 0.478 e. The zero-order chi connectivity index (χ0) is 22.0. The number of nitrogens with zero attached hydrogens (tertiary/aromatic N) is 1. The van der Waals surface area contributed by atoms with Crippen molar-refractivity contribution in [3.8, 4) is 0 Å². The van der Waals surface area contributed by atoms with Gasteiger partial charge in [-0.05, 0) is 103 Å². The second-order valence-electron chi connectivity index (χ2n) is 9.81. The molecule has 2 fully saturated rings. The number of benzene rings is 1. The van der Waals surface area contributed by atoms with Crippen LogP contribution in [0.2, 0.25) is 0 Å². The van der Waals surface area contributed by atoms with E-state index in [1.54, 1.807) is 12.3 Å². The number of carbonyl (C=O) groups is 1. The van der Waals surface area contributed by atoms with Crippen LogP contribution in [0.25, 0.3) is 0 Å². The van der Waals surface area contributed by atoms with Gasteiger partial charge in [-0.2, -0.15) is 13.2 Å². The third kappa shape index (κ3) is 3.26. The molecule has 0 bridgehead atoms. The normalized spacial score (nSPS) is 32.1. The van der Waals surface area contributed by atoms with Crippen LogP contribution in [0.15, 0.2) is 36.7 Å². The number of halogens is 3. The molecule has 6 heteroatoms. The maximum Gasteiger partial charge on any atom is 0.417 e. The number of aryl methyl sites for hydroxylation is 1. The summed E-state index contributed by atoms with van der Waals surface area (Å²) < 4.78 is 39.7. The van der Waals surface area contributed by atoms with Gasteiger partial charge < -0.3 is 5.11 Å². The highest BCUT2D eigenvalue weighted by atomic mass is 19.4. The number of hydrogen-bond acceptors (Lipinski definition) is 2. The van der Waals surface area contributed by atoms with Crippen LogP contribution < -0.4 is 0 Å². The monoisotopic (exact) mass is 429 g/mol. The lowest BCUT2D eigenvalue weighted by Gasteiger charge is -2.51. The highest BCUT2D eigenvalue weighted by Gasteiger charge is 2.55. The van der Waals surface area contributed by atoms with Crippen LogP contribution >= 0.6 is 0 Å². The van der Waals surface area contributed by atoms with Gasteiger partial charge in [-0.1, -0.05) is 13.0 Å². The quantitative estimate of drug-likeness (QED) is 0.598. The minimum Gasteiger partial charge on any atom is -0.478 e. The summed E-state index contributed by atoms with van der Waals surface area (Å²) in [5.41, 5.74) is 2.82. The van der Waals surface area contributed by atoms with E-state index >= 15 is 0 Å². The Kier molecular flexibility index (Phi) is 4.68. The Morgan fingerprint density at radius 2 is 1.94 bits per heavy atom. The Morgan fingerprint density at radius 3 is 2.68 bits per heavy atom. The van der Waals surface area contributed by atoms with Crippen molar-refractivity contribution >= 4 is 5.97 Å². The summed E-state index contributed by atoms with van der Waals surface area (Å²) in [5.74, 6) is 0.602. The number of pyridine rings is 1. The van der Waals surface area contributed by atoms with Gasteiger partial charge >= 0.3 is 12.1 Å². The molecule has 0 unspecified atom stereocenters. The van der Waals surface area contributed by atoms with E-state index in [9.17, 15) is 23.1 Å². The van der Waals surface area contributed by atoms with Gasteiger partial charge in [0.2, 0.25) is 0 Å². The van der Waals surface area contributed by atoms with Crippen LogP contribution in [0.5, 0.6) is 0 Å². The minimum absolute atomic E-state index is 0.0222. The van der Waals surface area contributed by atoms with E-state index in [-0.39, 0.29) is 11.3 Å². The molecule has 3 nitrogen and oxygen atoms in total. The summed E-state index contributed by atoms with van der Waals surface area (Å²) >= 11 is 0. The topological polar surface area (TPSA) is 50.2 Å². The van der Waals surface area contributed by atoms with Crippen LogP contribution in [0.1, 0.15) is 83.5 Å². The molecule has 0 aliphatic heterocycles.